The van der Waals surface area contributed by atoms with Crippen LogP contribution in [0.4, 0.5) is 5.69 Å². The average Bonchev–Trinajstić information content (AvgIpc) is 2.69. The summed E-state index contributed by atoms with van der Waals surface area (Å²) in [4.78, 5) is 24.1. The highest BCUT2D eigenvalue weighted by Crippen LogP contribution is 2.50. The van der Waals surface area contributed by atoms with E-state index in [-0.39, 0.29) is 12.0 Å². The number of carbonyl (C=O) groups is 2. The Kier molecular flexibility index (Phi) is 5.64. The van der Waals surface area contributed by atoms with E-state index in [0.717, 1.165) is 0 Å². The molecule has 2 aromatic rings. The van der Waals surface area contributed by atoms with Crippen molar-refractivity contribution in [2.24, 2.45) is 16.9 Å². The third-order valence-corrected chi connectivity index (χ3v) is 5.70. The van der Waals surface area contributed by atoms with Gasteiger partial charge in [-0.05, 0) is 49.4 Å². The maximum absolute atomic E-state index is 12.8. The highest BCUT2D eigenvalue weighted by atomic mass is 16.5. The number of nitrogens with one attached hydrogen (secondary N) is 1. The first-order valence-corrected chi connectivity index (χ1v) is 9.57. The third kappa shape index (κ3) is 3.97. The van der Waals surface area contributed by atoms with E-state index in [1.807, 2.05) is 20.8 Å². The Morgan fingerprint density at radius 2 is 1.83 bits per heavy atom. The van der Waals surface area contributed by atoms with Crippen LogP contribution in [0.15, 0.2) is 48.5 Å². The predicted molar refractivity (Wildman–Crippen MR) is 111 cm³/mol. The first kappa shape index (κ1) is 20.8. The topological polar surface area (TPSA) is 117 Å². The Labute approximate surface area is 170 Å². The van der Waals surface area contributed by atoms with Crippen molar-refractivity contribution in [3.8, 4) is 11.5 Å². The molecule has 2 unspecified atom stereocenters. The number of benzene rings is 2. The van der Waals surface area contributed by atoms with Crippen LogP contribution in [0, 0.1) is 5.41 Å². The van der Waals surface area contributed by atoms with Gasteiger partial charge in [-0.15, -0.1) is 0 Å². The van der Waals surface area contributed by atoms with Crippen molar-refractivity contribution in [2.45, 2.75) is 38.8 Å². The van der Waals surface area contributed by atoms with Gasteiger partial charge in [-0.2, -0.15) is 0 Å². The van der Waals surface area contributed by atoms with E-state index in [0.29, 0.717) is 35.8 Å². The number of primary amides is 1. The second-order valence-electron chi connectivity index (χ2n) is 7.81. The van der Waals surface area contributed by atoms with E-state index in [2.05, 4.69) is 5.32 Å². The fourth-order valence-corrected chi connectivity index (χ4v) is 3.52. The molecule has 0 saturated heterocycles. The summed E-state index contributed by atoms with van der Waals surface area (Å²) in [7, 11) is 0. The van der Waals surface area contributed by atoms with E-state index in [1.54, 1.807) is 48.5 Å². The third-order valence-electron chi connectivity index (χ3n) is 5.70. The van der Waals surface area contributed by atoms with Gasteiger partial charge in [0.2, 0.25) is 11.8 Å². The van der Waals surface area contributed by atoms with Crippen LogP contribution in [0.3, 0.4) is 0 Å². The molecule has 1 saturated carbocycles. The van der Waals surface area contributed by atoms with Crippen LogP contribution >= 0.6 is 0 Å². The Bertz CT molecular complexity index is 911. The highest BCUT2D eigenvalue weighted by Gasteiger charge is 2.62. The monoisotopic (exact) mass is 397 g/mol. The zero-order valence-electron chi connectivity index (χ0n) is 16.9. The summed E-state index contributed by atoms with van der Waals surface area (Å²) in [6, 6.07) is 13.5. The number of nitrogens with two attached hydrogens (primary N) is 2. The van der Waals surface area contributed by atoms with E-state index < -0.39 is 16.9 Å². The Hall–Kier alpha value is -2.90. The van der Waals surface area contributed by atoms with Gasteiger partial charge in [-0.25, -0.2) is 0 Å². The molecule has 5 N–H and O–H groups in total. The molecule has 2 aromatic carbocycles. The van der Waals surface area contributed by atoms with E-state index >= 15 is 0 Å². The Morgan fingerprint density at radius 3 is 2.41 bits per heavy atom. The minimum atomic E-state index is -0.989. The zero-order valence-corrected chi connectivity index (χ0v) is 16.9. The lowest BCUT2D eigenvalue weighted by Crippen LogP contribution is -2.74. The van der Waals surface area contributed by atoms with Gasteiger partial charge in [-0.3, -0.25) is 9.59 Å². The number of hydrogen-bond donors (Lipinski definition) is 3. The lowest BCUT2D eigenvalue weighted by Gasteiger charge is -2.57. The van der Waals surface area contributed by atoms with Gasteiger partial charge in [0.25, 0.3) is 0 Å². The fourth-order valence-electron chi connectivity index (χ4n) is 3.52. The van der Waals surface area contributed by atoms with Gasteiger partial charge in [0, 0.05) is 29.7 Å². The molecule has 2 amide bonds. The molecule has 7 heteroatoms. The standard InChI is InChI=1S/C22H27N3O4/c1-4-28-18-13-22(24,21(18,2)3)20(27)25-15-8-10-16(11-9-15)29-17-7-5-6-14(12-17)19(23)26/h5-12,18H,4,13,24H2,1-3H3,(H2,23,26)(H,25,27). The lowest BCUT2D eigenvalue weighted by molar-refractivity contribution is -0.166. The maximum atomic E-state index is 12.8. The SMILES string of the molecule is CCOC1CC(N)(C(=O)Nc2ccc(Oc3cccc(C(N)=O)c3)cc2)C1(C)C. The quantitative estimate of drug-likeness (QED) is 0.664. The van der Waals surface area contributed by atoms with Crippen molar-refractivity contribution < 1.29 is 19.1 Å². The number of anilines is 1. The van der Waals surface area contributed by atoms with E-state index in [4.69, 9.17) is 20.9 Å². The molecule has 0 heterocycles. The molecule has 2 atom stereocenters. The number of amides is 2. The number of rotatable bonds is 7. The summed E-state index contributed by atoms with van der Waals surface area (Å²) in [6.07, 6.45) is 0.451. The van der Waals surface area contributed by atoms with Crippen LogP contribution in [-0.4, -0.2) is 30.1 Å². The molecule has 7 nitrogen and oxygen atoms in total. The Morgan fingerprint density at radius 1 is 1.14 bits per heavy atom. The predicted octanol–water partition coefficient (Wildman–Crippen LogP) is 3.05. The first-order valence-electron chi connectivity index (χ1n) is 9.57. The average molecular weight is 397 g/mol. The van der Waals surface area contributed by atoms with Gasteiger partial charge in [0.05, 0.1) is 6.10 Å². The van der Waals surface area contributed by atoms with Crippen LogP contribution in [0.2, 0.25) is 0 Å². The second kappa shape index (κ2) is 7.85. The van der Waals surface area contributed by atoms with Crippen molar-refractivity contribution in [3.63, 3.8) is 0 Å². The van der Waals surface area contributed by atoms with Crippen LogP contribution in [-0.2, 0) is 9.53 Å². The van der Waals surface area contributed by atoms with Crippen molar-refractivity contribution in [3.05, 3.63) is 54.1 Å². The summed E-state index contributed by atoms with van der Waals surface area (Å²) in [5.74, 6) is 0.306. The van der Waals surface area contributed by atoms with Crippen LogP contribution in [0.5, 0.6) is 11.5 Å². The van der Waals surface area contributed by atoms with Gasteiger partial charge in [-0.1, -0.05) is 19.9 Å². The first-order chi connectivity index (χ1) is 13.7. The van der Waals surface area contributed by atoms with Crippen molar-refractivity contribution >= 4 is 17.5 Å². The fraction of sp³-hybridized carbons (Fsp3) is 0.364. The largest absolute Gasteiger partial charge is 0.457 e. The highest BCUT2D eigenvalue weighted by molar-refractivity contribution is 5.99. The molecule has 0 aliphatic heterocycles. The van der Waals surface area contributed by atoms with E-state index in [1.165, 1.54) is 0 Å². The molecular weight excluding hydrogens is 370 g/mol. The molecule has 0 bridgehead atoms. The zero-order chi connectivity index (χ0) is 21.2. The summed E-state index contributed by atoms with van der Waals surface area (Å²) in [5, 5.41) is 2.88. The smallest absolute Gasteiger partial charge is 0.248 e. The molecular formula is C22H27N3O4. The van der Waals surface area contributed by atoms with Crippen molar-refractivity contribution in [2.75, 3.05) is 11.9 Å². The number of hydrogen-bond acceptors (Lipinski definition) is 5. The molecule has 1 fully saturated rings. The molecule has 29 heavy (non-hydrogen) atoms. The van der Waals surface area contributed by atoms with Crippen molar-refractivity contribution in [1.29, 1.82) is 0 Å². The second-order valence-corrected chi connectivity index (χ2v) is 7.81. The molecule has 1 aliphatic carbocycles. The van der Waals surface area contributed by atoms with E-state index in [9.17, 15) is 9.59 Å². The lowest BCUT2D eigenvalue weighted by atomic mass is 9.54. The minimum Gasteiger partial charge on any atom is -0.457 e. The molecule has 154 valence electrons. The summed E-state index contributed by atoms with van der Waals surface area (Å²) in [6.45, 7) is 6.43. The number of carbonyl (C=O) groups excluding carboxylic acids is 2. The Balaban J connectivity index is 1.64. The maximum Gasteiger partial charge on any atom is 0.248 e. The molecule has 0 radical (unpaired) electrons. The minimum absolute atomic E-state index is 0.0322. The molecule has 0 spiro atoms. The normalized spacial score (nSPS) is 22.4. The van der Waals surface area contributed by atoms with Gasteiger partial charge >= 0.3 is 0 Å². The summed E-state index contributed by atoms with van der Waals surface area (Å²) in [5.41, 5.74) is 11.2. The molecule has 0 aromatic heterocycles. The molecule has 3 rings (SSSR count). The summed E-state index contributed by atoms with van der Waals surface area (Å²) < 4.78 is 11.4. The van der Waals surface area contributed by atoms with Crippen molar-refractivity contribution in [1.82, 2.24) is 0 Å². The van der Waals surface area contributed by atoms with Crippen LogP contribution in [0.25, 0.3) is 0 Å². The van der Waals surface area contributed by atoms with Gasteiger partial charge in [0.1, 0.15) is 17.0 Å². The van der Waals surface area contributed by atoms with Gasteiger partial charge in [0.15, 0.2) is 0 Å². The summed E-state index contributed by atoms with van der Waals surface area (Å²) >= 11 is 0. The van der Waals surface area contributed by atoms with Gasteiger partial charge < -0.3 is 26.3 Å². The van der Waals surface area contributed by atoms with Crippen LogP contribution < -0.4 is 21.5 Å². The molecule has 1 aliphatic rings. The number of ether oxygens (including phenoxy) is 2. The van der Waals surface area contributed by atoms with Crippen LogP contribution in [0.1, 0.15) is 37.6 Å².